The summed E-state index contributed by atoms with van der Waals surface area (Å²) in [6.07, 6.45) is 1.31. The van der Waals surface area contributed by atoms with Gasteiger partial charge < -0.3 is 9.53 Å². The minimum atomic E-state index is -3.72. The zero-order valence-electron chi connectivity index (χ0n) is 17.4. The molecule has 0 aliphatic heterocycles. The molecule has 0 spiro atoms. The Balaban J connectivity index is 1.85. The number of hydrogen-bond donors (Lipinski definition) is 1. The molecule has 1 aliphatic carbocycles. The first-order valence-corrected chi connectivity index (χ1v) is 13.3. The quantitative estimate of drug-likeness (QED) is 0.410. The van der Waals surface area contributed by atoms with Gasteiger partial charge in [-0.05, 0) is 21.7 Å². The number of benzene rings is 2. The molecular formula is C22H30O5SSi. The summed E-state index contributed by atoms with van der Waals surface area (Å²) in [5.74, 6) is -1.61. The minimum Gasteiger partial charge on any atom is -0.407 e. The molecule has 5 nitrogen and oxygen atoms in total. The van der Waals surface area contributed by atoms with Crippen molar-refractivity contribution in [3.63, 3.8) is 0 Å². The molecule has 29 heavy (non-hydrogen) atoms. The van der Waals surface area contributed by atoms with Crippen LogP contribution in [0.3, 0.4) is 0 Å². The second-order valence-corrected chi connectivity index (χ2v) is 13.0. The Morgan fingerprint density at radius 2 is 1.45 bits per heavy atom. The van der Waals surface area contributed by atoms with Crippen molar-refractivity contribution >= 4 is 29.5 Å². The van der Waals surface area contributed by atoms with Gasteiger partial charge in [-0.25, -0.2) is 4.18 Å². The summed E-state index contributed by atoms with van der Waals surface area (Å²) >= 11 is 0. The van der Waals surface area contributed by atoms with E-state index in [0.717, 1.165) is 6.26 Å². The van der Waals surface area contributed by atoms with E-state index in [0.29, 0.717) is 0 Å². The van der Waals surface area contributed by atoms with Gasteiger partial charge in [0, 0.05) is 12.8 Å². The molecule has 2 aromatic carbocycles. The average Bonchev–Trinajstić information content (AvgIpc) is 2.59. The van der Waals surface area contributed by atoms with E-state index in [2.05, 4.69) is 45.0 Å². The Bertz CT molecular complexity index is 864. The fourth-order valence-electron chi connectivity index (χ4n) is 4.10. The predicted octanol–water partition coefficient (Wildman–Crippen LogP) is 2.03. The third kappa shape index (κ3) is 5.76. The molecular weight excluding hydrogens is 404 g/mol. The number of rotatable bonds is 7. The topological polar surface area (TPSA) is 72.8 Å². The monoisotopic (exact) mass is 434 g/mol. The fourth-order valence-corrected chi connectivity index (χ4v) is 7.56. The molecule has 7 heteroatoms. The fraction of sp³-hybridized carbons (Fsp3) is 0.455. The summed E-state index contributed by atoms with van der Waals surface area (Å²) in [5.41, 5.74) is -0.175. The Morgan fingerprint density at radius 3 is 1.83 bits per heavy atom. The van der Waals surface area contributed by atoms with Gasteiger partial charge >= 0.3 is 0 Å². The van der Waals surface area contributed by atoms with E-state index >= 15 is 0 Å². The van der Waals surface area contributed by atoms with Crippen LogP contribution in [0, 0.1) is 11.3 Å². The van der Waals surface area contributed by atoms with Crippen LogP contribution in [0.1, 0.15) is 33.6 Å². The van der Waals surface area contributed by atoms with Crippen molar-refractivity contribution in [2.75, 3.05) is 6.26 Å². The van der Waals surface area contributed by atoms with Crippen molar-refractivity contribution in [3.05, 3.63) is 60.7 Å². The average molecular weight is 435 g/mol. The summed E-state index contributed by atoms with van der Waals surface area (Å²) in [6, 6.07) is 20.5. The van der Waals surface area contributed by atoms with Crippen LogP contribution in [0.2, 0.25) is 0 Å². The molecule has 1 unspecified atom stereocenters. The molecule has 0 heterocycles. The molecule has 1 aliphatic rings. The van der Waals surface area contributed by atoms with Gasteiger partial charge in [-0.1, -0.05) is 81.4 Å². The molecule has 0 aromatic heterocycles. The molecule has 1 fully saturated rings. The molecule has 0 bridgehead atoms. The second kappa shape index (κ2) is 8.32. The van der Waals surface area contributed by atoms with Crippen molar-refractivity contribution in [2.24, 2.45) is 11.3 Å². The largest absolute Gasteiger partial charge is 0.407 e. The van der Waals surface area contributed by atoms with E-state index in [1.807, 2.05) is 36.4 Å². The molecule has 0 saturated heterocycles. The van der Waals surface area contributed by atoms with Crippen LogP contribution in [0.4, 0.5) is 0 Å². The Kier molecular flexibility index (Phi) is 6.36. The maximum absolute atomic E-state index is 11.5. The van der Waals surface area contributed by atoms with E-state index < -0.39 is 24.9 Å². The van der Waals surface area contributed by atoms with Crippen LogP contribution in [-0.2, 0) is 18.7 Å². The predicted molar refractivity (Wildman–Crippen MR) is 117 cm³/mol. The van der Waals surface area contributed by atoms with Crippen molar-refractivity contribution < 1.29 is 22.1 Å². The SMILES string of the molecule is CC(C)(C)C(O[SiH](c1ccccc1)c1ccccc1)C1CC(O)(OS(C)(=O)=O)C1. The summed E-state index contributed by atoms with van der Waals surface area (Å²) in [7, 11) is -5.69. The zero-order chi connectivity index (χ0) is 21.3. The van der Waals surface area contributed by atoms with Crippen molar-refractivity contribution in [1.29, 1.82) is 0 Å². The van der Waals surface area contributed by atoms with Gasteiger partial charge in [0.1, 0.15) is 0 Å². The standard InChI is InChI=1S/C22H30O5SSi/c1-21(2,3)20(17-15-22(23,16-17)27-28(4,24)25)26-29(18-11-7-5-8-12-18)19-13-9-6-10-14-19/h5-14,17,20,23,29H,15-16H2,1-4H3. The summed E-state index contributed by atoms with van der Waals surface area (Å²) in [5, 5.41) is 12.8. The zero-order valence-corrected chi connectivity index (χ0v) is 19.4. The van der Waals surface area contributed by atoms with Gasteiger partial charge in [0.25, 0.3) is 10.1 Å². The molecule has 1 N–H and O–H groups in total. The van der Waals surface area contributed by atoms with Crippen LogP contribution in [0.5, 0.6) is 0 Å². The van der Waals surface area contributed by atoms with Crippen LogP contribution in [0.15, 0.2) is 60.7 Å². The van der Waals surface area contributed by atoms with E-state index in [9.17, 15) is 13.5 Å². The number of aliphatic hydroxyl groups is 1. The Hall–Kier alpha value is -1.51. The first kappa shape index (κ1) is 22.2. The van der Waals surface area contributed by atoms with Crippen LogP contribution in [-0.4, -0.2) is 40.7 Å². The van der Waals surface area contributed by atoms with E-state index in [-0.39, 0.29) is 30.3 Å². The van der Waals surface area contributed by atoms with E-state index in [1.54, 1.807) is 0 Å². The van der Waals surface area contributed by atoms with Crippen LogP contribution < -0.4 is 10.4 Å². The normalized spacial score (nSPS) is 23.6. The van der Waals surface area contributed by atoms with Crippen molar-refractivity contribution in [2.45, 2.75) is 45.5 Å². The first-order chi connectivity index (χ1) is 13.5. The molecule has 1 atom stereocenters. The van der Waals surface area contributed by atoms with Gasteiger partial charge in [0.2, 0.25) is 9.04 Å². The maximum atomic E-state index is 11.5. The highest BCUT2D eigenvalue weighted by atomic mass is 32.2. The van der Waals surface area contributed by atoms with Crippen molar-refractivity contribution in [1.82, 2.24) is 0 Å². The van der Waals surface area contributed by atoms with Crippen LogP contribution >= 0.6 is 0 Å². The van der Waals surface area contributed by atoms with E-state index in [1.165, 1.54) is 10.4 Å². The van der Waals surface area contributed by atoms with Crippen LogP contribution in [0.25, 0.3) is 0 Å². The third-order valence-electron chi connectivity index (χ3n) is 5.24. The Labute approximate surface area is 175 Å². The second-order valence-electron chi connectivity index (χ2n) is 9.03. The molecule has 0 amide bonds. The number of hydrogen-bond acceptors (Lipinski definition) is 5. The summed E-state index contributed by atoms with van der Waals surface area (Å²) in [4.78, 5) is 0. The third-order valence-corrected chi connectivity index (χ3v) is 8.40. The van der Waals surface area contributed by atoms with Crippen molar-refractivity contribution in [3.8, 4) is 0 Å². The first-order valence-electron chi connectivity index (χ1n) is 9.85. The highest BCUT2D eigenvalue weighted by Gasteiger charge is 2.52. The summed E-state index contributed by atoms with van der Waals surface area (Å²) in [6.45, 7) is 6.36. The minimum absolute atomic E-state index is 0.0178. The van der Waals surface area contributed by atoms with Gasteiger partial charge in [-0.3, -0.25) is 0 Å². The lowest BCUT2D eigenvalue weighted by atomic mass is 9.68. The van der Waals surface area contributed by atoms with E-state index in [4.69, 9.17) is 8.61 Å². The molecule has 158 valence electrons. The Morgan fingerprint density at radius 1 is 1.00 bits per heavy atom. The summed E-state index contributed by atoms with van der Waals surface area (Å²) < 4.78 is 34.7. The van der Waals surface area contributed by atoms with Gasteiger partial charge in [-0.15, -0.1) is 0 Å². The maximum Gasteiger partial charge on any atom is 0.267 e. The molecule has 1 saturated carbocycles. The lowest BCUT2D eigenvalue weighted by molar-refractivity contribution is -0.233. The lowest BCUT2D eigenvalue weighted by Crippen LogP contribution is -2.58. The van der Waals surface area contributed by atoms with Gasteiger partial charge in [0.15, 0.2) is 5.79 Å². The molecule has 0 radical (unpaired) electrons. The van der Waals surface area contributed by atoms with Gasteiger partial charge in [-0.2, -0.15) is 8.42 Å². The lowest BCUT2D eigenvalue weighted by Gasteiger charge is -2.49. The highest BCUT2D eigenvalue weighted by molar-refractivity contribution is 7.86. The highest BCUT2D eigenvalue weighted by Crippen LogP contribution is 2.46. The smallest absolute Gasteiger partial charge is 0.267 e. The molecule has 3 rings (SSSR count). The molecule has 2 aromatic rings. The van der Waals surface area contributed by atoms with Gasteiger partial charge in [0.05, 0.1) is 12.4 Å².